The normalized spacial score (nSPS) is 48.1. The molecule has 0 aliphatic carbocycles. The Labute approximate surface area is 732 Å². The molecular formula is C73H122N4O52. The molecule has 746 valence electrons. The highest BCUT2D eigenvalue weighted by molar-refractivity contribution is 5.74. The van der Waals surface area contributed by atoms with Gasteiger partial charge >= 0.3 is 5.97 Å². The minimum atomic E-state index is -2.67. The molecule has 0 saturated carbocycles. The van der Waals surface area contributed by atoms with Crippen LogP contribution in [0.2, 0.25) is 0 Å². The van der Waals surface area contributed by atoms with Gasteiger partial charge in [-0.1, -0.05) is 6.92 Å². The number of carbonyl (C=O) groups is 5. The Bertz CT molecular complexity index is 3520. The number of ether oxygens (including phenoxy) is 20. The van der Waals surface area contributed by atoms with E-state index in [1.807, 2.05) is 0 Å². The minimum Gasteiger partial charge on any atom is -0.410 e. The number of aliphatic hydroxyl groups excluding tert-OH is 27. The van der Waals surface area contributed by atoms with Crippen LogP contribution in [-0.4, -0.2) is 540 Å². The number of rotatable bonds is 36. The van der Waals surface area contributed by atoms with Crippen LogP contribution in [-0.2, 0) is 119 Å². The van der Waals surface area contributed by atoms with E-state index in [9.17, 15) is 162 Å². The van der Waals surface area contributed by atoms with E-state index in [1.165, 1.54) is 13.8 Å². The highest BCUT2D eigenvalue weighted by atomic mass is 16.9. The zero-order valence-electron chi connectivity index (χ0n) is 70.0. The average molecular weight is 1890 g/mol. The maximum atomic E-state index is 13.2. The van der Waals surface area contributed by atoms with Crippen LogP contribution >= 0.6 is 0 Å². The summed E-state index contributed by atoms with van der Waals surface area (Å²) in [6.07, 6.45) is -94.0. The summed E-state index contributed by atoms with van der Waals surface area (Å²) < 4.78 is 119. The van der Waals surface area contributed by atoms with Gasteiger partial charge in [0.25, 0.3) is 6.47 Å². The molecule has 56 nitrogen and oxygen atoms in total. The van der Waals surface area contributed by atoms with Crippen LogP contribution < -0.4 is 21.3 Å². The standard InChI is InChI=1S/C73H122N4O52/c1-19-25(91)7-73(112-18-86,129-57(19)40(93)26(92)8-78)111-17-35-44(97)51(104)55(108)69(121-35)124-60-32(14-84)119-67(39(49(60)102)77-24(6)90)128-64-53(106)43(96)29(11-81)116-72(64)126-62-45(98)34(120-70(56(62)109)125-61-33(15-85)117-65(37(47(61)100)75-22(4)88)122-58-30(12-82)113-20(2)36(46(58)99)74-21(3)87)16-110-71-63(52(105)42(95)28(10-80)115-71)127-66-38(76-23(5)89)48(101)59(31(13-83)118-66)123-68-54(107)50(103)41(94)27(9-79)114-68/h18-20,25-72,78-85,91-109H,7-17H2,1-6H3,(H,74,87)(H,75,88)(H,76,89)(H,77,90)/t19-,20+,25+,26+,27?,28?,29?,30?,31-,32?,33?,34?,35?,36?,37?,38?,39?,40-,41+,42+,43+,44+,45+,46-,47-,48?,49-,50+,51+,52+,53?,54?,55?,56?,57?,58+,59-,60+,61+,62+,63?,64?,65+,66-,67+,68+,69+,70+,71-,72+,73+/m1/s1. The third kappa shape index (κ3) is 23.9. The molecule has 0 bridgehead atoms. The number of aliphatic hydroxyl groups is 27. The van der Waals surface area contributed by atoms with E-state index in [1.54, 1.807) is 0 Å². The molecular weight excluding hydrogens is 1760 g/mol. The van der Waals surface area contributed by atoms with Crippen molar-refractivity contribution in [1.29, 1.82) is 0 Å². The molecule has 10 aliphatic rings. The number of nitrogens with one attached hydrogen (secondary N) is 4. The van der Waals surface area contributed by atoms with Crippen LogP contribution in [0.25, 0.3) is 0 Å². The summed E-state index contributed by atoms with van der Waals surface area (Å²) in [7, 11) is 0. The molecule has 0 spiro atoms. The smallest absolute Gasteiger partial charge is 0.332 e. The molecule has 10 aliphatic heterocycles. The van der Waals surface area contributed by atoms with E-state index in [2.05, 4.69) is 21.3 Å². The Morgan fingerprint density at radius 1 is 0.349 bits per heavy atom. The second-order valence-corrected chi connectivity index (χ2v) is 33.0. The van der Waals surface area contributed by atoms with Crippen molar-refractivity contribution in [2.45, 2.75) is 354 Å². The van der Waals surface area contributed by atoms with E-state index < -0.39 is 408 Å². The summed E-state index contributed by atoms with van der Waals surface area (Å²) in [5.74, 6) is -7.27. The van der Waals surface area contributed by atoms with Gasteiger partial charge in [0.2, 0.25) is 23.6 Å². The Morgan fingerprint density at radius 3 is 1.07 bits per heavy atom. The molecule has 0 aromatic rings. The van der Waals surface area contributed by atoms with Crippen molar-refractivity contribution in [2.75, 3.05) is 66.1 Å². The molecule has 10 heterocycles. The first-order valence-electron chi connectivity index (χ1n) is 41.4. The van der Waals surface area contributed by atoms with Gasteiger partial charge in [-0.3, -0.25) is 24.0 Å². The van der Waals surface area contributed by atoms with Crippen molar-refractivity contribution in [2.24, 2.45) is 5.92 Å². The zero-order chi connectivity index (χ0) is 95.1. The molecule has 0 radical (unpaired) electrons. The fourth-order valence-electron chi connectivity index (χ4n) is 16.9. The molecule has 0 aromatic carbocycles. The topological polar surface area (TPSA) is 864 Å². The van der Waals surface area contributed by atoms with Gasteiger partial charge in [-0.2, -0.15) is 0 Å². The maximum absolute atomic E-state index is 13.2. The molecule has 31 N–H and O–H groups in total. The molecule has 4 amide bonds. The summed E-state index contributed by atoms with van der Waals surface area (Å²) in [5.41, 5.74) is 0. The number of hydrogen-bond acceptors (Lipinski definition) is 52. The quantitative estimate of drug-likeness (QED) is 0.0205. The van der Waals surface area contributed by atoms with Crippen molar-refractivity contribution >= 4 is 30.1 Å². The molecule has 10 fully saturated rings. The summed E-state index contributed by atoms with van der Waals surface area (Å²) in [6.45, 7) is -4.53. The second kappa shape index (κ2) is 46.6. The van der Waals surface area contributed by atoms with Gasteiger partial charge in [-0.05, 0) is 6.92 Å². The van der Waals surface area contributed by atoms with E-state index in [0.29, 0.717) is 0 Å². The highest BCUT2D eigenvalue weighted by Crippen LogP contribution is 2.43. The van der Waals surface area contributed by atoms with Gasteiger partial charge in [0.1, 0.15) is 226 Å². The Morgan fingerprint density at radius 2 is 0.667 bits per heavy atom. The van der Waals surface area contributed by atoms with Gasteiger partial charge in [0.05, 0.1) is 96.8 Å². The molecule has 10 rings (SSSR count). The van der Waals surface area contributed by atoms with E-state index in [-0.39, 0.29) is 6.47 Å². The lowest BCUT2D eigenvalue weighted by Crippen LogP contribution is -2.71. The Kier molecular flexibility index (Phi) is 38.5. The minimum absolute atomic E-state index is 0.197. The second-order valence-electron chi connectivity index (χ2n) is 33.0. The molecule has 51 atom stereocenters. The van der Waals surface area contributed by atoms with Crippen LogP contribution in [0.4, 0.5) is 0 Å². The molecule has 20 unspecified atom stereocenters. The first-order valence-corrected chi connectivity index (χ1v) is 41.4. The molecule has 129 heavy (non-hydrogen) atoms. The van der Waals surface area contributed by atoms with E-state index in [4.69, 9.17) is 94.7 Å². The van der Waals surface area contributed by atoms with Gasteiger partial charge in [0.15, 0.2) is 50.3 Å². The van der Waals surface area contributed by atoms with Crippen molar-refractivity contribution in [3.8, 4) is 0 Å². The van der Waals surface area contributed by atoms with Crippen LogP contribution in [0.1, 0.15) is 48.0 Å². The summed E-state index contributed by atoms with van der Waals surface area (Å²) in [5, 5.41) is 313. The van der Waals surface area contributed by atoms with E-state index >= 15 is 0 Å². The fourth-order valence-corrected chi connectivity index (χ4v) is 16.9. The van der Waals surface area contributed by atoms with Crippen molar-refractivity contribution in [3.05, 3.63) is 0 Å². The van der Waals surface area contributed by atoms with Gasteiger partial charge in [-0.25, -0.2) is 0 Å². The first kappa shape index (κ1) is 107. The largest absolute Gasteiger partial charge is 0.410 e. The van der Waals surface area contributed by atoms with E-state index in [0.717, 1.165) is 27.7 Å². The fraction of sp³-hybridized carbons (Fsp3) is 0.932. The van der Waals surface area contributed by atoms with Crippen molar-refractivity contribution < 1.29 is 257 Å². The predicted octanol–water partition coefficient (Wildman–Crippen LogP) is -20.6. The monoisotopic (exact) mass is 1890 g/mol. The molecule has 0 aromatic heterocycles. The Hall–Kier alpha value is -4.49. The van der Waals surface area contributed by atoms with Gasteiger partial charge < -0.3 is 254 Å². The molecule has 56 heteroatoms. The lowest BCUT2D eigenvalue weighted by atomic mass is 9.87. The lowest BCUT2D eigenvalue weighted by Gasteiger charge is -2.51. The van der Waals surface area contributed by atoms with Gasteiger partial charge in [0, 0.05) is 33.6 Å². The maximum Gasteiger partial charge on any atom is 0.332 e. The number of hydrogen-bond donors (Lipinski definition) is 31. The predicted molar refractivity (Wildman–Crippen MR) is 399 cm³/mol. The van der Waals surface area contributed by atoms with Crippen LogP contribution in [0.3, 0.4) is 0 Å². The zero-order valence-corrected chi connectivity index (χ0v) is 70.0. The summed E-state index contributed by atoms with van der Waals surface area (Å²) in [4.78, 5) is 63.5. The number of carbonyl (C=O) groups excluding carboxylic acids is 5. The van der Waals surface area contributed by atoms with Crippen LogP contribution in [0.15, 0.2) is 0 Å². The highest BCUT2D eigenvalue weighted by Gasteiger charge is 2.62. The van der Waals surface area contributed by atoms with Crippen LogP contribution in [0.5, 0.6) is 0 Å². The third-order valence-corrected chi connectivity index (χ3v) is 24.0. The van der Waals surface area contributed by atoms with Crippen molar-refractivity contribution in [1.82, 2.24) is 21.3 Å². The first-order chi connectivity index (χ1) is 61.0. The van der Waals surface area contributed by atoms with Crippen molar-refractivity contribution in [3.63, 3.8) is 0 Å². The Balaban J connectivity index is 0.960. The SMILES string of the molecule is CC(=O)NC1C(O)[C@H](O[C@@H]2OC(CO)[C@H](O)[C@H](O)C2O)[C@@H](CO)O[C@@H]1OC1[C@H](OCC2O[C@@H](O[C@H]3C(CO)O[C@@H](O[C@H]4C(CO)O[C@@H](C)C(NC(C)=O)[C@H]4O)C(NC(C)=O)[C@H]3O)C(O)[C@@H](O[C@@H]3OC(CO)[C@H](O)C(O)C3O[C@@H]3OC(CO)[C@H](O[C@@H]4OC(CO[C@]5(OC=O)C[C@H](O)[C@@H](C)C([C@H](O)[C@@H](O)CO)O5)[C@H](O)[C@H](O)C4O)[C@H](O)C3NC(C)=O)[C@H]2O)OC(CO)[C@H](O)[C@@H]1O. The lowest BCUT2D eigenvalue weighted by molar-refractivity contribution is -0.424. The summed E-state index contributed by atoms with van der Waals surface area (Å²) in [6, 6.07) is -7.14. The average Bonchev–Trinajstić information content (AvgIpc) is 0.771. The molecule has 10 saturated heterocycles. The third-order valence-electron chi connectivity index (χ3n) is 24.0. The van der Waals surface area contributed by atoms with Gasteiger partial charge in [-0.15, -0.1) is 0 Å². The van der Waals surface area contributed by atoms with Crippen LogP contribution in [0, 0.1) is 5.92 Å². The number of amides is 4. The summed E-state index contributed by atoms with van der Waals surface area (Å²) >= 11 is 0.